The van der Waals surface area contributed by atoms with Gasteiger partial charge in [-0.3, -0.25) is 0 Å². The summed E-state index contributed by atoms with van der Waals surface area (Å²) in [5.74, 6) is 0.981. The van der Waals surface area contributed by atoms with Gasteiger partial charge in [-0.05, 0) is 66.9 Å². The molecular formula is C20H20O4S. The highest BCUT2D eigenvalue weighted by atomic mass is 32.2. The Hall–Kier alpha value is -2.53. The minimum atomic E-state index is -3.92. The first-order valence-corrected chi connectivity index (χ1v) is 9.49. The Labute approximate surface area is 148 Å². The van der Waals surface area contributed by atoms with Crippen molar-refractivity contribution in [2.75, 3.05) is 6.61 Å². The average Bonchev–Trinajstić information content (AvgIpc) is 2.57. The third-order valence-corrected chi connectivity index (χ3v) is 5.36. The van der Waals surface area contributed by atoms with E-state index in [1.54, 1.807) is 31.2 Å². The van der Waals surface area contributed by atoms with Gasteiger partial charge in [0.25, 0.3) is 0 Å². The molecule has 3 aromatic rings. The maximum absolute atomic E-state index is 12.7. The lowest BCUT2D eigenvalue weighted by Gasteiger charge is -2.13. The fourth-order valence-corrected chi connectivity index (χ4v) is 3.96. The van der Waals surface area contributed by atoms with Crippen molar-refractivity contribution >= 4 is 20.9 Å². The molecule has 0 unspecified atom stereocenters. The lowest BCUT2D eigenvalue weighted by Crippen LogP contribution is -2.12. The molecule has 0 atom stereocenters. The first-order valence-electron chi connectivity index (χ1n) is 8.08. The molecule has 0 heterocycles. The summed E-state index contributed by atoms with van der Waals surface area (Å²) in [7, 11) is -3.92. The Morgan fingerprint density at radius 1 is 0.880 bits per heavy atom. The van der Waals surface area contributed by atoms with Crippen molar-refractivity contribution < 1.29 is 17.3 Å². The molecular weight excluding hydrogens is 336 g/mol. The van der Waals surface area contributed by atoms with E-state index in [9.17, 15) is 8.42 Å². The van der Waals surface area contributed by atoms with Crippen LogP contribution in [-0.2, 0) is 10.1 Å². The minimum Gasteiger partial charge on any atom is -0.494 e. The molecule has 0 N–H and O–H groups in total. The number of rotatable bonds is 5. The van der Waals surface area contributed by atoms with E-state index in [4.69, 9.17) is 8.92 Å². The standard InChI is InChI=1S/C20H20O4S/c1-4-23-19-11-15(3)20(12-14(19)2)25(21,22)24-18-10-9-16-7-5-6-8-17(16)13-18/h5-13H,4H2,1-3H3. The normalized spacial score (nSPS) is 11.5. The van der Waals surface area contributed by atoms with Crippen LogP contribution in [0.5, 0.6) is 11.5 Å². The maximum Gasteiger partial charge on any atom is 0.339 e. The highest BCUT2D eigenvalue weighted by Gasteiger charge is 2.21. The molecule has 0 aliphatic heterocycles. The van der Waals surface area contributed by atoms with Crippen LogP contribution in [-0.4, -0.2) is 15.0 Å². The van der Waals surface area contributed by atoms with Gasteiger partial charge < -0.3 is 8.92 Å². The van der Waals surface area contributed by atoms with E-state index in [0.717, 1.165) is 16.3 Å². The Balaban J connectivity index is 1.97. The summed E-state index contributed by atoms with van der Waals surface area (Å²) in [5.41, 5.74) is 1.35. The zero-order chi connectivity index (χ0) is 18.0. The Morgan fingerprint density at radius 2 is 1.60 bits per heavy atom. The summed E-state index contributed by atoms with van der Waals surface area (Å²) in [5, 5.41) is 1.95. The van der Waals surface area contributed by atoms with Crippen LogP contribution < -0.4 is 8.92 Å². The highest BCUT2D eigenvalue weighted by Crippen LogP contribution is 2.29. The smallest absolute Gasteiger partial charge is 0.339 e. The van der Waals surface area contributed by atoms with Gasteiger partial charge in [0.15, 0.2) is 0 Å². The fraction of sp³-hybridized carbons (Fsp3) is 0.200. The molecule has 0 saturated heterocycles. The van der Waals surface area contributed by atoms with Crippen LogP contribution in [0.2, 0.25) is 0 Å². The van der Waals surface area contributed by atoms with Crippen molar-refractivity contribution in [3.8, 4) is 11.5 Å². The zero-order valence-corrected chi connectivity index (χ0v) is 15.3. The number of hydrogen-bond donors (Lipinski definition) is 0. The van der Waals surface area contributed by atoms with Gasteiger partial charge in [0.2, 0.25) is 0 Å². The second kappa shape index (κ2) is 6.76. The Morgan fingerprint density at radius 3 is 2.32 bits per heavy atom. The third kappa shape index (κ3) is 3.61. The van der Waals surface area contributed by atoms with Gasteiger partial charge in [-0.1, -0.05) is 30.3 Å². The molecule has 0 saturated carbocycles. The number of ether oxygens (including phenoxy) is 1. The predicted molar refractivity (Wildman–Crippen MR) is 98.8 cm³/mol. The van der Waals surface area contributed by atoms with Crippen molar-refractivity contribution in [2.24, 2.45) is 0 Å². The first-order chi connectivity index (χ1) is 11.9. The van der Waals surface area contributed by atoms with E-state index < -0.39 is 10.1 Å². The molecule has 0 fully saturated rings. The van der Waals surface area contributed by atoms with Gasteiger partial charge in [0.05, 0.1) is 6.61 Å². The van der Waals surface area contributed by atoms with Crippen molar-refractivity contribution in [3.05, 3.63) is 65.7 Å². The molecule has 0 spiro atoms. The molecule has 25 heavy (non-hydrogen) atoms. The van der Waals surface area contributed by atoms with Gasteiger partial charge in [-0.25, -0.2) is 0 Å². The summed E-state index contributed by atoms with van der Waals surface area (Å²) in [6.45, 7) is 5.97. The summed E-state index contributed by atoms with van der Waals surface area (Å²) < 4.78 is 36.3. The number of aryl methyl sites for hydroxylation is 2. The zero-order valence-electron chi connectivity index (χ0n) is 14.4. The largest absolute Gasteiger partial charge is 0.494 e. The SMILES string of the molecule is CCOc1cc(C)c(S(=O)(=O)Oc2ccc3ccccc3c2)cc1C. The van der Waals surface area contributed by atoms with Gasteiger partial charge in [-0.15, -0.1) is 0 Å². The van der Waals surface area contributed by atoms with E-state index in [1.165, 1.54) is 0 Å². The maximum atomic E-state index is 12.7. The van der Waals surface area contributed by atoms with Gasteiger partial charge in [0.1, 0.15) is 16.4 Å². The quantitative estimate of drug-likeness (QED) is 0.626. The number of hydrogen-bond acceptors (Lipinski definition) is 4. The fourth-order valence-electron chi connectivity index (χ4n) is 2.73. The second-order valence-electron chi connectivity index (χ2n) is 5.86. The molecule has 0 aliphatic carbocycles. The minimum absolute atomic E-state index is 0.154. The lowest BCUT2D eigenvalue weighted by molar-refractivity contribution is 0.337. The molecule has 5 heteroatoms. The molecule has 3 rings (SSSR count). The highest BCUT2D eigenvalue weighted by molar-refractivity contribution is 7.87. The average molecular weight is 356 g/mol. The van der Waals surface area contributed by atoms with Crippen molar-refractivity contribution in [3.63, 3.8) is 0 Å². The molecule has 130 valence electrons. The van der Waals surface area contributed by atoms with E-state index in [0.29, 0.717) is 23.7 Å². The van der Waals surface area contributed by atoms with Crippen LogP contribution in [0.1, 0.15) is 18.1 Å². The second-order valence-corrected chi connectivity index (χ2v) is 7.38. The van der Waals surface area contributed by atoms with E-state index in [-0.39, 0.29) is 4.90 Å². The molecule has 3 aromatic carbocycles. The van der Waals surface area contributed by atoms with Crippen molar-refractivity contribution in [1.29, 1.82) is 0 Å². The van der Waals surface area contributed by atoms with E-state index in [2.05, 4.69) is 0 Å². The van der Waals surface area contributed by atoms with Gasteiger partial charge >= 0.3 is 10.1 Å². The third-order valence-electron chi connectivity index (χ3n) is 3.97. The van der Waals surface area contributed by atoms with E-state index in [1.807, 2.05) is 44.2 Å². The van der Waals surface area contributed by atoms with Gasteiger partial charge in [0, 0.05) is 0 Å². The molecule has 4 nitrogen and oxygen atoms in total. The molecule has 0 aromatic heterocycles. The summed E-state index contributed by atoms with van der Waals surface area (Å²) in [6, 6.07) is 16.3. The van der Waals surface area contributed by atoms with E-state index >= 15 is 0 Å². The van der Waals surface area contributed by atoms with Crippen LogP contribution >= 0.6 is 0 Å². The lowest BCUT2D eigenvalue weighted by atomic mass is 10.1. The summed E-state index contributed by atoms with van der Waals surface area (Å²) >= 11 is 0. The van der Waals surface area contributed by atoms with Crippen LogP contribution in [0, 0.1) is 13.8 Å². The van der Waals surface area contributed by atoms with Gasteiger partial charge in [-0.2, -0.15) is 8.42 Å². The molecule has 0 amide bonds. The van der Waals surface area contributed by atoms with Crippen LogP contribution in [0.3, 0.4) is 0 Å². The molecule has 0 radical (unpaired) electrons. The van der Waals surface area contributed by atoms with Crippen LogP contribution in [0.25, 0.3) is 10.8 Å². The van der Waals surface area contributed by atoms with Crippen LogP contribution in [0.4, 0.5) is 0 Å². The first kappa shape index (κ1) is 17.3. The monoisotopic (exact) mass is 356 g/mol. The van der Waals surface area contributed by atoms with Crippen LogP contribution in [0.15, 0.2) is 59.5 Å². The topological polar surface area (TPSA) is 52.6 Å². The van der Waals surface area contributed by atoms with Crippen molar-refractivity contribution in [1.82, 2.24) is 0 Å². The summed E-state index contributed by atoms with van der Waals surface area (Å²) in [6.07, 6.45) is 0. The Bertz CT molecular complexity index is 1020. The van der Waals surface area contributed by atoms with Crippen molar-refractivity contribution in [2.45, 2.75) is 25.7 Å². The molecule has 0 aliphatic rings. The molecule has 0 bridgehead atoms. The number of benzene rings is 3. The Kier molecular flexibility index (Phi) is 4.68. The summed E-state index contributed by atoms with van der Waals surface area (Å²) in [4.78, 5) is 0.154. The number of fused-ring (bicyclic) bond motifs is 1. The predicted octanol–water partition coefficient (Wildman–Crippen LogP) is 4.62.